The van der Waals surface area contributed by atoms with Crippen LogP contribution >= 0.6 is 0 Å². The summed E-state index contributed by atoms with van der Waals surface area (Å²) in [4.78, 5) is 2.16. The van der Waals surface area contributed by atoms with Crippen LogP contribution in [0.2, 0.25) is 0 Å². The Labute approximate surface area is 119 Å². The van der Waals surface area contributed by atoms with E-state index in [-0.39, 0.29) is 0 Å². The first-order chi connectivity index (χ1) is 9.75. The quantitative estimate of drug-likeness (QED) is 0.817. The van der Waals surface area contributed by atoms with Crippen LogP contribution in [-0.2, 0) is 5.54 Å². The third kappa shape index (κ3) is 1.88. The number of hydrogen-bond donors (Lipinski definition) is 0. The minimum absolute atomic E-state index is 0.665. The number of rotatable bonds is 2. The molecule has 2 aromatic carbocycles. The third-order valence-corrected chi connectivity index (χ3v) is 3.91. The summed E-state index contributed by atoms with van der Waals surface area (Å²) in [5, 5.41) is 9.80. The highest BCUT2D eigenvalue weighted by Gasteiger charge is 2.35. The SMILES string of the molecule is CC(C#N)(c1ccccc1)N1CC=Cc2ccccc21. The molecule has 1 unspecified atom stereocenters. The molecule has 0 bridgehead atoms. The summed E-state index contributed by atoms with van der Waals surface area (Å²) >= 11 is 0. The third-order valence-electron chi connectivity index (χ3n) is 3.91. The predicted molar refractivity (Wildman–Crippen MR) is 82.2 cm³/mol. The molecule has 0 aromatic heterocycles. The van der Waals surface area contributed by atoms with Crippen LogP contribution in [0.3, 0.4) is 0 Å². The van der Waals surface area contributed by atoms with Gasteiger partial charge in [0.1, 0.15) is 0 Å². The zero-order chi connectivity index (χ0) is 14.0. The van der Waals surface area contributed by atoms with E-state index in [2.05, 4.69) is 35.3 Å². The first-order valence-corrected chi connectivity index (χ1v) is 6.76. The summed E-state index contributed by atoms with van der Waals surface area (Å²) in [7, 11) is 0. The van der Waals surface area contributed by atoms with Crippen LogP contribution in [0.15, 0.2) is 60.7 Å². The van der Waals surface area contributed by atoms with Crippen molar-refractivity contribution >= 4 is 11.8 Å². The van der Waals surface area contributed by atoms with Crippen LogP contribution in [0, 0.1) is 11.3 Å². The molecule has 0 aliphatic carbocycles. The van der Waals surface area contributed by atoms with Crippen LogP contribution in [0.1, 0.15) is 18.1 Å². The highest BCUT2D eigenvalue weighted by atomic mass is 15.2. The molecule has 0 saturated heterocycles. The molecule has 1 heterocycles. The Balaban J connectivity index is 2.12. The lowest BCUT2D eigenvalue weighted by Gasteiger charge is -2.40. The topological polar surface area (TPSA) is 27.0 Å². The van der Waals surface area contributed by atoms with Crippen LogP contribution in [0.5, 0.6) is 0 Å². The normalized spacial score (nSPS) is 16.1. The Morgan fingerprint density at radius 1 is 1.05 bits per heavy atom. The molecular formula is C18H16N2. The van der Waals surface area contributed by atoms with Gasteiger partial charge in [-0.2, -0.15) is 5.26 Å². The van der Waals surface area contributed by atoms with Crippen molar-refractivity contribution in [2.24, 2.45) is 0 Å². The first-order valence-electron chi connectivity index (χ1n) is 6.76. The number of para-hydroxylation sites is 1. The average Bonchev–Trinajstić information content (AvgIpc) is 2.54. The lowest BCUT2D eigenvalue weighted by Crippen LogP contribution is -2.44. The van der Waals surface area contributed by atoms with Gasteiger partial charge in [-0.1, -0.05) is 60.7 Å². The van der Waals surface area contributed by atoms with Crippen molar-refractivity contribution in [2.75, 3.05) is 11.4 Å². The van der Waals surface area contributed by atoms with E-state index < -0.39 is 5.54 Å². The van der Waals surface area contributed by atoms with Crippen molar-refractivity contribution in [3.05, 3.63) is 71.8 Å². The monoisotopic (exact) mass is 260 g/mol. The summed E-state index contributed by atoms with van der Waals surface area (Å²) in [5.41, 5.74) is 2.63. The summed E-state index contributed by atoms with van der Waals surface area (Å²) < 4.78 is 0. The van der Waals surface area contributed by atoms with Gasteiger partial charge >= 0.3 is 0 Å². The van der Waals surface area contributed by atoms with Crippen LogP contribution in [0.25, 0.3) is 6.08 Å². The van der Waals surface area contributed by atoms with Gasteiger partial charge in [-0.3, -0.25) is 0 Å². The van der Waals surface area contributed by atoms with Gasteiger partial charge in [0.25, 0.3) is 0 Å². The number of nitrogens with zero attached hydrogens (tertiary/aromatic N) is 2. The van der Waals surface area contributed by atoms with Gasteiger partial charge in [0.15, 0.2) is 5.54 Å². The molecule has 0 radical (unpaired) electrons. The first kappa shape index (κ1) is 12.5. The Kier molecular flexibility index (Phi) is 3.04. The maximum absolute atomic E-state index is 9.80. The Morgan fingerprint density at radius 2 is 1.75 bits per heavy atom. The number of anilines is 1. The number of nitriles is 1. The van der Waals surface area contributed by atoms with E-state index in [4.69, 9.17) is 0 Å². The Bertz CT molecular complexity index is 682. The van der Waals surface area contributed by atoms with Gasteiger partial charge in [-0.25, -0.2) is 0 Å². The molecule has 3 rings (SSSR count). The fraction of sp³-hybridized carbons (Fsp3) is 0.167. The van der Waals surface area contributed by atoms with Gasteiger partial charge in [0.2, 0.25) is 0 Å². The second kappa shape index (κ2) is 4.86. The maximum atomic E-state index is 9.80. The van der Waals surface area contributed by atoms with E-state index in [0.717, 1.165) is 23.4 Å². The van der Waals surface area contributed by atoms with Crippen molar-refractivity contribution in [3.63, 3.8) is 0 Å². The molecule has 2 heteroatoms. The molecule has 0 N–H and O–H groups in total. The largest absolute Gasteiger partial charge is 0.346 e. The zero-order valence-electron chi connectivity index (χ0n) is 11.5. The van der Waals surface area contributed by atoms with E-state index in [1.54, 1.807) is 0 Å². The predicted octanol–water partition coefficient (Wildman–Crippen LogP) is 3.96. The van der Waals surface area contributed by atoms with Crippen LogP contribution in [0.4, 0.5) is 5.69 Å². The van der Waals surface area contributed by atoms with Gasteiger partial charge in [-0.15, -0.1) is 0 Å². The number of benzene rings is 2. The highest BCUT2D eigenvalue weighted by Crippen LogP contribution is 2.36. The second-order valence-electron chi connectivity index (χ2n) is 5.12. The van der Waals surface area contributed by atoms with Gasteiger partial charge < -0.3 is 4.90 Å². The molecule has 98 valence electrons. The summed E-state index contributed by atoms with van der Waals surface area (Å²) in [6, 6.07) is 20.7. The fourth-order valence-corrected chi connectivity index (χ4v) is 2.72. The standard InChI is InChI=1S/C18H16N2/c1-18(14-19,16-10-3-2-4-11-16)20-13-7-9-15-8-5-6-12-17(15)20/h2-12H,13H2,1H3. The van der Waals surface area contributed by atoms with Crippen molar-refractivity contribution in [3.8, 4) is 6.07 Å². The van der Waals surface area contributed by atoms with E-state index in [9.17, 15) is 5.26 Å². The van der Waals surface area contributed by atoms with Crippen molar-refractivity contribution < 1.29 is 0 Å². The summed E-state index contributed by atoms with van der Waals surface area (Å²) in [5.74, 6) is 0. The smallest absolute Gasteiger partial charge is 0.150 e. The molecular weight excluding hydrogens is 244 g/mol. The van der Waals surface area contributed by atoms with Crippen molar-refractivity contribution in [2.45, 2.75) is 12.5 Å². The fourth-order valence-electron chi connectivity index (χ4n) is 2.72. The van der Waals surface area contributed by atoms with Crippen molar-refractivity contribution in [1.29, 1.82) is 5.26 Å². The Morgan fingerprint density at radius 3 is 2.50 bits per heavy atom. The summed E-state index contributed by atoms with van der Waals surface area (Å²) in [6.07, 6.45) is 4.23. The van der Waals surface area contributed by atoms with E-state index >= 15 is 0 Å². The van der Waals surface area contributed by atoms with Gasteiger partial charge in [-0.05, 0) is 24.1 Å². The molecule has 1 aliphatic heterocycles. The number of hydrogen-bond acceptors (Lipinski definition) is 2. The minimum Gasteiger partial charge on any atom is -0.346 e. The Hall–Kier alpha value is -2.53. The average molecular weight is 260 g/mol. The highest BCUT2D eigenvalue weighted by molar-refractivity contribution is 5.73. The molecule has 1 atom stereocenters. The van der Waals surface area contributed by atoms with E-state index in [1.165, 1.54) is 0 Å². The van der Waals surface area contributed by atoms with Gasteiger partial charge in [0, 0.05) is 12.2 Å². The maximum Gasteiger partial charge on any atom is 0.150 e. The molecule has 0 spiro atoms. The molecule has 0 saturated carbocycles. The molecule has 2 aromatic rings. The van der Waals surface area contributed by atoms with Crippen LogP contribution in [-0.4, -0.2) is 6.54 Å². The molecule has 0 fully saturated rings. The van der Waals surface area contributed by atoms with E-state index in [0.29, 0.717) is 0 Å². The molecule has 1 aliphatic rings. The lowest BCUT2D eigenvalue weighted by molar-refractivity contribution is 0.573. The zero-order valence-corrected chi connectivity index (χ0v) is 11.5. The number of fused-ring (bicyclic) bond motifs is 1. The van der Waals surface area contributed by atoms with Gasteiger partial charge in [0.05, 0.1) is 6.07 Å². The summed E-state index contributed by atoms with van der Waals surface area (Å²) in [6.45, 7) is 2.73. The lowest BCUT2D eigenvalue weighted by atomic mass is 9.89. The van der Waals surface area contributed by atoms with E-state index in [1.807, 2.05) is 49.4 Å². The van der Waals surface area contributed by atoms with Crippen molar-refractivity contribution in [1.82, 2.24) is 0 Å². The minimum atomic E-state index is -0.665. The molecule has 20 heavy (non-hydrogen) atoms. The second-order valence-corrected chi connectivity index (χ2v) is 5.12. The molecule has 0 amide bonds. The van der Waals surface area contributed by atoms with Crippen LogP contribution < -0.4 is 4.90 Å². The molecule has 2 nitrogen and oxygen atoms in total.